The molecule has 1 aromatic carbocycles. The second kappa shape index (κ2) is 6.78. The number of aliphatic hydroxyl groups excluding tert-OH is 1. The molecule has 2 aromatic rings. The number of hydrogen-bond acceptors (Lipinski definition) is 6. The number of aromatic nitrogens is 2. The fourth-order valence-corrected chi connectivity index (χ4v) is 2.72. The molecule has 2 N–H and O–H groups in total. The van der Waals surface area contributed by atoms with Crippen molar-refractivity contribution >= 4 is 11.6 Å². The summed E-state index contributed by atoms with van der Waals surface area (Å²) in [6.07, 6.45) is 1.14. The Balaban J connectivity index is 1.73. The van der Waals surface area contributed by atoms with Gasteiger partial charge in [0.25, 0.3) is 5.91 Å². The van der Waals surface area contributed by atoms with Crippen LogP contribution in [0.15, 0.2) is 28.8 Å². The molecule has 7 heteroatoms. The molecule has 0 unspecified atom stereocenters. The number of β-amino-alcohol motifs (C(OH)–C–C–N with tert-alkyl or cyclic N) is 1. The van der Waals surface area contributed by atoms with Crippen LogP contribution in [-0.4, -0.2) is 45.2 Å². The van der Waals surface area contributed by atoms with Gasteiger partial charge < -0.3 is 19.8 Å². The summed E-state index contributed by atoms with van der Waals surface area (Å²) in [5.41, 5.74) is 1.30. The minimum absolute atomic E-state index is 0.0754. The number of aliphatic hydroxyl groups is 1. The molecule has 1 atom stereocenters. The van der Waals surface area contributed by atoms with Gasteiger partial charge in [-0.3, -0.25) is 4.79 Å². The smallest absolute Gasteiger partial charge is 0.256 e. The first kappa shape index (κ1) is 15.5. The molecule has 1 fully saturated rings. The van der Waals surface area contributed by atoms with E-state index >= 15 is 0 Å². The minimum atomic E-state index is -0.436. The average molecular weight is 316 g/mol. The van der Waals surface area contributed by atoms with Crippen molar-refractivity contribution < 1.29 is 14.4 Å². The van der Waals surface area contributed by atoms with Crippen LogP contribution in [0.25, 0.3) is 0 Å². The van der Waals surface area contributed by atoms with E-state index in [-0.39, 0.29) is 5.91 Å². The SMILES string of the molecule is Cc1noc(CNc2ccccc2C(=O)N2CCC[C@H](O)C2)n1. The van der Waals surface area contributed by atoms with Crippen molar-refractivity contribution in [3.8, 4) is 0 Å². The van der Waals surface area contributed by atoms with E-state index in [1.165, 1.54) is 0 Å². The van der Waals surface area contributed by atoms with E-state index in [1.807, 2.05) is 18.2 Å². The van der Waals surface area contributed by atoms with Crippen molar-refractivity contribution in [1.82, 2.24) is 15.0 Å². The lowest BCUT2D eigenvalue weighted by atomic mass is 10.1. The Morgan fingerprint density at radius 1 is 1.48 bits per heavy atom. The standard InChI is InChI=1S/C16H20N4O3/c1-11-18-15(23-19-11)9-17-14-7-3-2-6-13(14)16(22)20-8-4-5-12(21)10-20/h2-3,6-7,12,17,21H,4-5,8-10H2,1H3/t12-/m0/s1. The van der Waals surface area contributed by atoms with Gasteiger partial charge in [0.1, 0.15) is 0 Å². The Kier molecular flexibility index (Phi) is 4.57. The van der Waals surface area contributed by atoms with Gasteiger partial charge in [0.05, 0.1) is 18.2 Å². The molecule has 0 spiro atoms. The molecule has 3 rings (SSSR count). The van der Waals surface area contributed by atoms with Crippen molar-refractivity contribution in [3.63, 3.8) is 0 Å². The fraction of sp³-hybridized carbons (Fsp3) is 0.438. The van der Waals surface area contributed by atoms with Gasteiger partial charge in [-0.1, -0.05) is 17.3 Å². The molecule has 1 amide bonds. The number of aryl methyl sites for hydroxylation is 1. The third-order valence-electron chi connectivity index (χ3n) is 3.84. The van der Waals surface area contributed by atoms with Gasteiger partial charge >= 0.3 is 0 Å². The first-order valence-electron chi connectivity index (χ1n) is 7.73. The fourth-order valence-electron chi connectivity index (χ4n) is 2.72. The van der Waals surface area contributed by atoms with E-state index < -0.39 is 6.10 Å². The van der Waals surface area contributed by atoms with Crippen LogP contribution >= 0.6 is 0 Å². The number of hydrogen-bond donors (Lipinski definition) is 2. The minimum Gasteiger partial charge on any atom is -0.391 e. The first-order chi connectivity index (χ1) is 11.1. The van der Waals surface area contributed by atoms with Crippen LogP contribution in [0, 0.1) is 6.92 Å². The number of likely N-dealkylation sites (tertiary alicyclic amines) is 1. The van der Waals surface area contributed by atoms with Crippen LogP contribution in [0.5, 0.6) is 0 Å². The number of nitrogens with zero attached hydrogens (tertiary/aromatic N) is 3. The first-order valence-corrected chi connectivity index (χ1v) is 7.73. The number of anilines is 1. The number of rotatable bonds is 4. The van der Waals surface area contributed by atoms with Crippen molar-refractivity contribution in [2.45, 2.75) is 32.4 Å². The average Bonchev–Trinajstić information content (AvgIpc) is 2.98. The summed E-state index contributed by atoms with van der Waals surface area (Å²) in [6, 6.07) is 7.32. The number of carbonyl (C=O) groups excluding carboxylic acids is 1. The van der Waals surface area contributed by atoms with Crippen LogP contribution in [0.2, 0.25) is 0 Å². The molecule has 2 heterocycles. The monoisotopic (exact) mass is 316 g/mol. The van der Waals surface area contributed by atoms with Gasteiger partial charge in [-0.2, -0.15) is 4.98 Å². The highest BCUT2D eigenvalue weighted by Gasteiger charge is 2.24. The highest BCUT2D eigenvalue weighted by atomic mass is 16.5. The topological polar surface area (TPSA) is 91.5 Å². The van der Waals surface area contributed by atoms with Gasteiger partial charge in [-0.15, -0.1) is 0 Å². The number of nitrogens with one attached hydrogen (secondary N) is 1. The van der Waals surface area contributed by atoms with E-state index in [1.54, 1.807) is 17.9 Å². The lowest BCUT2D eigenvalue weighted by Gasteiger charge is -2.30. The lowest BCUT2D eigenvalue weighted by Crippen LogP contribution is -2.42. The van der Waals surface area contributed by atoms with Crippen molar-refractivity contribution in [1.29, 1.82) is 0 Å². The number of piperidine rings is 1. The summed E-state index contributed by atoms with van der Waals surface area (Å²) in [6.45, 7) is 3.17. The van der Waals surface area contributed by atoms with Crippen LogP contribution in [-0.2, 0) is 6.54 Å². The number of para-hydroxylation sites is 1. The zero-order chi connectivity index (χ0) is 16.2. The predicted octanol–water partition coefficient (Wildman–Crippen LogP) is 1.59. The van der Waals surface area contributed by atoms with Gasteiger partial charge in [0, 0.05) is 18.8 Å². The quantitative estimate of drug-likeness (QED) is 0.890. The molecule has 0 radical (unpaired) electrons. The normalized spacial score (nSPS) is 18.0. The molecule has 0 bridgehead atoms. The molecular formula is C16H20N4O3. The molecule has 0 aliphatic carbocycles. The van der Waals surface area contributed by atoms with Crippen molar-refractivity contribution in [2.75, 3.05) is 18.4 Å². The van der Waals surface area contributed by atoms with E-state index in [0.717, 1.165) is 12.8 Å². The molecule has 0 saturated carbocycles. The van der Waals surface area contributed by atoms with Crippen LogP contribution < -0.4 is 5.32 Å². The Hall–Kier alpha value is -2.41. The second-order valence-corrected chi connectivity index (χ2v) is 5.68. The molecule has 1 aromatic heterocycles. The Bertz CT molecular complexity index is 685. The summed E-state index contributed by atoms with van der Waals surface area (Å²) in [4.78, 5) is 18.5. The summed E-state index contributed by atoms with van der Waals surface area (Å²) >= 11 is 0. The summed E-state index contributed by atoms with van der Waals surface area (Å²) in [7, 11) is 0. The second-order valence-electron chi connectivity index (χ2n) is 5.68. The van der Waals surface area contributed by atoms with Crippen LogP contribution in [0.4, 0.5) is 5.69 Å². The highest BCUT2D eigenvalue weighted by molar-refractivity contribution is 5.99. The molecule has 7 nitrogen and oxygen atoms in total. The number of carbonyl (C=O) groups is 1. The Morgan fingerprint density at radius 3 is 3.04 bits per heavy atom. The summed E-state index contributed by atoms with van der Waals surface area (Å²) in [5, 5.41) is 16.7. The van der Waals surface area contributed by atoms with Crippen LogP contribution in [0.1, 0.15) is 34.9 Å². The van der Waals surface area contributed by atoms with E-state index in [2.05, 4.69) is 15.5 Å². The maximum atomic E-state index is 12.7. The van der Waals surface area contributed by atoms with E-state index in [0.29, 0.717) is 42.6 Å². The molecule has 122 valence electrons. The third kappa shape index (κ3) is 3.68. The predicted molar refractivity (Wildman–Crippen MR) is 83.9 cm³/mol. The molecular weight excluding hydrogens is 296 g/mol. The van der Waals surface area contributed by atoms with Gasteiger partial charge in [-0.05, 0) is 31.9 Å². The maximum Gasteiger partial charge on any atom is 0.256 e. The molecule has 1 aliphatic heterocycles. The Labute approximate surface area is 134 Å². The van der Waals surface area contributed by atoms with Gasteiger partial charge in [-0.25, -0.2) is 0 Å². The van der Waals surface area contributed by atoms with Gasteiger partial charge in [0.2, 0.25) is 5.89 Å². The van der Waals surface area contributed by atoms with Crippen molar-refractivity contribution in [3.05, 3.63) is 41.5 Å². The zero-order valence-electron chi connectivity index (χ0n) is 13.0. The summed E-state index contributed by atoms with van der Waals surface area (Å²) in [5.74, 6) is 0.972. The van der Waals surface area contributed by atoms with Crippen LogP contribution in [0.3, 0.4) is 0 Å². The number of benzene rings is 1. The van der Waals surface area contributed by atoms with E-state index in [9.17, 15) is 9.90 Å². The molecule has 23 heavy (non-hydrogen) atoms. The zero-order valence-corrected chi connectivity index (χ0v) is 13.0. The van der Waals surface area contributed by atoms with Gasteiger partial charge in [0.15, 0.2) is 5.82 Å². The van der Waals surface area contributed by atoms with E-state index in [4.69, 9.17) is 4.52 Å². The number of amides is 1. The molecule has 1 saturated heterocycles. The third-order valence-corrected chi connectivity index (χ3v) is 3.84. The maximum absolute atomic E-state index is 12.7. The largest absolute Gasteiger partial charge is 0.391 e. The van der Waals surface area contributed by atoms with Crippen molar-refractivity contribution in [2.24, 2.45) is 0 Å². The summed E-state index contributed by atoms with van der Waals surface area (Å²) < 4.78 is 5.06. The lowest BCUT2D eigenvalue weighted by molar-refractivity contribution is 0.0474. The molecule has 1 aliphatic rings. The Morgan fingerprint density at radius 2 is 2.30 bits per heavy atom. The highest BCUT2D eigenvalue weighted by Crippen LogP contribution is 2.20.